The van der Waals surface area contributed by atoms with Gasteiger partial charge in [-0.3, -0.25) is 14.5 Å². The van der Waals surface area contributed by atoms with Gasteiger partial charge in [0.05, 0.1) is 25.3 Å². The Labute approximate surface area is 359 Å². The van der Waals surface area contributed by atoms with Crippen molar-refractivity contribution in [2.75, 3.05) is 33.4 Å². The number of halogens is 1. The summed E-state index contributed by atoms with van der Waals surface area (Å²) in [5.41, 5.74) is 0.741. The molecule has 0 amide bonds. The molecule has 12 heteroatoms. The number of aryl methyl sites for hydroxylation is 1. The number of ether oxygens (including phenoxy) is 3. The molecule has 62 heavy (non-hydrogen) atoms. The highest BCUT2D eigenvalue weighted by Crippen LogP contribution is 2.35. The molecule has 1 aromatic heterocycles. The monoisotopic (exact) mass is 842 g/mol. The van der Waals surface area contributed by atoms with Crippen molar-refractivity contribution in [3.05, 3.63) is 171 Å². The van der Waals surface area contributed by atoms with Gasteiger partial charge in [-0.1, -0.05) is 78.9 Å². The van der Waals surface area contributed by atoms with Crippen LogP contribution in [0.4, 0.5) is 4.39 Å². The minimum atomic E-state index is -2.15. The summed E-state index contributed by atoms with van der Waals surface area (Å²) in [5.74, 6) is -1.13. The molecule has 322 valence electrons. The number of benzene rings is 5. The third-order valence-electron chi connectivity index (χ3n) is 11.6. The number of phenols is 1. The smallest absolute Gasteiger partial charge is 0.347 e. The lowest BCUT2D eigenvalue weighted by atomic mass is 9.86. The maximum absolute atomic E-state index is 15.5. The summed E-state index contributed by atoms with van der Waals surface area (Å²) in [6.07, 6.45) is 1.67. The fourth-order valence-electron chi connectivity index (χ4n) is 8.12. The molecule has 2 atom stereocenters. The largest absolute Gasteiger partial charge is 0.506 e. The van der Waals surface area contributed by atoms with E-state index in [9.17, 15) is 29.7 Å². The summed E-state index contributed by atoms with van der Waals surface area (Å²) < 4.78 is 32.7. The van der Waals surface area contributed by atoms with Crippen molar-refractivity contribution in [2.24, 2.45) is 5.92 Å². The molecule has 7 rings (SSSR count). The normalized spacial score (nSPS) is 14.8. The van der Waals surface area contributed by atoms with E-state index in [1.54, 1.807) is 60.7 Å². The van der Waals surface area contributed by atoms with Crippen LogP contribution >= 0.6 is 0 Å². The molecule has 1 saturated heterocycles. The van der Waals surface area contributed by atoms with Crippen LogP contribution in [0.5, 0.6) is 17.2 Å². The van der Waals surface area contributed by atoms with Crippen LogP contribution in [0.1, 0.15) is 65.2 Å². The number of phenolic OH excluding ortho intramolecular Hbond substituents is 1. The van der Waals surface area contributed by atoms with E-state index in [1.165, 1.54) is 43.0 Å². The highest BCUT2D eigenvalue weighted by Gasteiger charge is 2.42. The predicted octanol–water partition coefficient (Wildman–Crippen LogP) is 7.32. The number of methoxy groups -OCH3 is 1. The Morgan fingerprint density at radius 1 is 0.887 bits per heavy atom. The lowest BCUT2D eigenvalue weighted by Crippen LogP contribution is -2.40. The number of aromatic nitrogens is 1. The van der Waals surface area contributed by atoms with E-state index < -0.39 is 35.9 Å². The minimum Gasteiger partial charge on any atom is -0.506 e. The zero-order valence-electron chi connectivity index (χ0n) is 34.6. The number of rotatable bonds is 18. The van der Waals surface area contributed by atoms with Crippen LogP contribution in [0.3, 0.4) is 0 Å². The molecular formula is C50H51FN2O9. The summed E-state index contributed by atoms with van der Waals surface area (Å²) in [7, 11) is 1.46. The van der Waals surface area contributed by atoms with E-state index in [2.05, 4.69) is 22.0 Å². The first-order valence-electron chi connectivity index (χ1n) is 20.9. The summed E-state index contributed by atoms with van der Waals surface area (Å²) in [6, 6.07) is 33.9. The van der Waals surface area contributed by atoms with Crippen LogP contribution < -0.4 is 15.0 Å². The first kappa shape index (κ1) is 43.7. The van der Waals surface area contributed by atoms with Crippen molar-refractivity contribution < 1.29 is 43.5 Å². The number of hydrogen-bond donors (Lipinski definition) is 4. The summed E-state index contributed by atoms with van der Waals surface area (Å²) in [5, 5.41) is 33.9. The van der Waals surface area contributed by atoms with E-state index in [1.807, 2.05) is 18.2 Å². The number of aliphatic hydroxyl groups is 2. The lowest BCUT2D eigenvalue weighted by molar-refractivity contribution is -0.164. The lowest BCUT2D eigenvalue weighted by Gasteiger charge is -2.33. The number of piperidine rings is 1. The molecule has 1 aliphatic heterocycles. The summed E-state index contributed by atoms with van der Waals surface area (Å²) in [4.78, 5) is 43.8. The van der Waals surface area contributed by atoms with Crippen molar-refractivity contribution in [1.82, 2.24) is 9.88 Å². The van der Waals surface area contributed by atoms with Crippen molar-refractivity contribution in [3.8, 4) is 17.2 Å². The molecule has 0 bridgehead atoms. The van der Waals surface area contributed by atoms with E-state index >= 15 is 4.39 Å². The average molecular weight is 843 g/mol. The fourth-order valence-corrected chi connectivity index (χ4v) is 8.12. The third-order valence-corrected chi connectivity index (χ3v) is 11.6. The van der Waals surface area contributed by atoms with Gasteiger partial charge in [-0.25, -0.2) is 9.18 Å². The van der Waals surface area contributed by atoms with Gasteiger partial charge in [0.15, 0.2) is 5.78 Å². The van der Waals surface area contributed by atoms with Crippen LogP contribution in [-0.2, 0) is 39.3 Å². The van der Waals surface area contributed by atoms with Gasteiger partial charge in [-0.2, -0.15) is 0 Å². The Kier molecular flexibility index (Phi) is 14.1. The molecule has 0 unspecified atom stereocenters. The Morgan fingerprint density at radius 3 is 2.35 bits per heavy atom. The molecule has 2 heterocycles. The van der Waals surface area contributed by atoms with E-state index in [-0.39, 0.29) is 52.6 Å². The maximum atomic E-state index is 15.5. The number of esters is 1. The standard InChI is InChI=1S/C50H51FN2O9/c1-60-46-28-36(43(51)27-35(46)12-8-17-44(55)41-18-20-45(56)48-42(41)19-21-47(57)52-48)26-39(54)32-61-40-16-9-15-38(29-40)50(59,37-13-6-3-7-14-37)49(58)62-31-34-22-24-53(25-23-34)30-33-10-4-2-5-11-33/h2-7,9-11,13-16,18-21,27-29,34,44,55-56,59H,8,12,17,22-26,30-32H2,1H3,(H,52,57)/t44-,50-/m0/s1. The number of pyridine rings is 1. The number of aliphatic hydroxyl groups excluding tert-OH is 1. The minimum absolute atomic E-state index is 0.101. The molecule has 0 spiro atoms. The van der Waals surface area contributed by atoms with Crippen molar-refractivity contribution in [2.45, 2.75) is 56.8 Å². The Hall–Kier alpha value is -6.34. The topological polar surface area (TPSA) is 159 Å². The quantitative estimate of drug-likeness (QED) is 0.0647. The van der Waals surface area contributed by atoms with Crippen LogP contribution in [0.2, 0.25) is 0 Å². The molecule has 5 aromatic carbocycles. The van der Waals surface area contributed by atoms with E-state index in [0.717, 1.165) is 32.5 Å². The molecular weight excluding hydrogens is 792 g/mol. The van der Waals surface area contributed by atoms with Crippen molar-refractivity contribution in [3.63, 3.8) is 0 Å². The number of nitrogens with one attached hydrogen (secondary N) is 1. The summed E-state index contributed by atoms with van der Waals surface area (Å²) in [6.45, 7) is 2.40. The molecule has 0 radical (unpaired) electrons. The van der Waals surface area contributed by atoms with E-state index in [4.69, 9.17) is 14.2 Å². The number of hydrogen-bond acceptors (Lipinski definition) is 10. The number of ketones is 1. The number of nitrogens with zero attached hydrogens (tertiary/aromatic N) is 1. The van der Waals surface area contributed by atoms with Gasteiger partial charge in [-0.05, 0) is 115 Å². The van der Waals surface area contributed by atoms with Gasteiger partial charge in [-0.15, -0.1) is 0 Å². The zero-order chi connectivity index (χ0) is 43.6. The highest BCUT2D eigenvalue weighted by atomic mass is 19.1. The van der Waals surface area contributed by atoms with Gasteiger partial charge in [0, 0.05) is 30.0 Å². The highest BCUT2D eigenvalue weighted by molar-refractivity contribution is 5.87. The second-order valence-electron chi connectivity index (χ2n) is 15.9. The maximum Gasteiger partial charge on any atom is 0.347 e. The average Bonchev–Trinajstić information content (AvgIpc) is 3.29. The second kappa shape index (κ2) is 20.0. The Morgan fingerprint density at radius 2 is 1.61 bits per heavy atom. The van der Waals surface area contributed by atoms with Gasteiger partial charge < -0.3 is 34.5 Å². The second-order valence-corrected chi connectivity index (χ2v) is 15.9. The molecule has 0 saturated carbocycles. The van der Waals surface area contributed by atoms with E-state index in [0.29, 0.717) is 47.1 Å². The first-order chi connectivity index (χ1) is 30.0. The Balaban J connectivity index is 0.946. The molecule has 0 aliphatic carbocycles. The van der Waals surface area contributed by atoms with Gasteiger partial charge in [0.2, 0.25) is 11.2 Å². The number of likely N-dealkylation sites (tertiary alicyclic amines) is 1. The summed E-state index contributed by atoms with van der Waals surface area (Å²) >= 11 is 0. The third kappa shape index (κ3) is 10.4. The SMILES string of the molecule is COc1cc(CC(=O)COc2cccc([C@](O)(C(=O)OCC3CCN(Cc4ccccc4)CC3)c3ccccc3)c2)c(F)cc1CCC[C@H](O)c1ccc(O)c2[nH]c(=O)ccc12. The van der Waals surface area contributed by atoms with Crippen LogP contribution in [-0.4, -0.2) is 70.4 Å². The van der Waals surface area contributed by atoms with Crippen molar-refractivity contribution >= 4 is 22.7 Å². The first-order valence-corrected chi connectivity index (χ1v) is 20.9. The number of Topliss-reactive ketones (excluding diaryl/α,β-unsaturated/α-hetero) is 1. The van der Waals surface area contributed by atoms with Gasteiger partial charge in [0.25, 0.3) is 0 Å². The van der Waals surface area contributed by atoms with Crippen LogP contribution in [0.15, 0.2) is 126 Å². The number of fused-ring (bicyclic) bond motifs is 1. The molecule has 11 nitrogen and oxygen atoms in total. The number of aromatic hydroxyl groups is 1. The van der Waals surface area contributed by atoms with Crippen LogP contribution in [0.25, 0.3) is 10.9 Å². The molecule has 4 N–H and O–H groups in total. The predicted molar refractivity (Wildman–Crippen MR) is 233 cm³/mol. The van der Waals surface area contributed by atoms with Gasteiger partial charge in [0.1, 0.15) is 29.7 Å². The van der Waals surface area contributed by atoms with Crippen LogP contribution in [0, 0.1) is 11.7 Å². The zero-order valence-corrected chi connectivity index (χ0v) is 34.6. The van der Waals surface area contributed by atoms with Gasteiger partial charge >= 0.3 is 5.97 Å². The number of carbonyl (C=O) groups is 2. The molecule has 1 fully saturated rings. The molecule has 1 aliphatic rings. The number of carbonyl (C=O) groups excluding carboxylic acids is 2. The Bertz CT molecular complexity index is 2540. The fraction of sp³-hybridized carbons (Fsp3) is 0.300. The molecule has 6 aromatic rings. The number of H-pyrrole nitrogens is 1. The van der Waals surface area contributed by atoms with Crippen molar-refractivity contribution in [1.29, 1.82) is 0 Å². The number of aromatic amines is 1.